The SMILES string of the molecule is CCCCCCCC/C=C\CCCCCCCC(=O)OCCCN(CCCOC(C)O)C(=O)CN(C)C. The lowest BCUT2D eigenvalue weighted by molar-refractivity contribution is -0.144. The Kier molecular flexibility index (Phi) is 25.2. The molecule has 7 nitrogen and oxygen atoms in total. The van der Waals surface area contributed by atoms with Crippen LogP contribution in [-0.2, 0) is 19.1 Å². The second-order valence-corrected chi connectivity index (χ2v) is 10.4. The molecule has 0 heterocycles. The molecule has 0 aromatic rings. The minimum absolute atomic E-state index is 0.0432. The molecule has 0 saturated heterocycles. The zero-order valence-electron chi connectivity index (χ0n) is 24.6. The maximum absolute atomic E-state index is 12.5. The van der Waals surface area contributed by atoms with Crippen molar-refractivity contribution in [3.63, 3.8) is 0 Å². The number of hydrogen-bond acceptors (Lipinski definition) is 6. The molecule has 0 rings (SSSR count). The van der Waals surface area contributed by atoms with E-state index in [-0.39, 0.29) is 11.9 Å². The van der Waals surface area contributed by atoms with Crippen LogP contribution in [0.5, 0.6) is 0 Å². The van der Waals surface area contributed by atoms with Crippen LogP contribution in [0.15, 0.2) is 12.2 Å². The van der Waals surface area contributed by atoms with Crippen LogP contribution < -0.4 is 0 Å². The summed E-state index contributed by atoms with van der Waals surface area (Å²) >= 11 is 0. The summed E-state index contributed by atoms with van der Waals surface area (Å²) in [7, 11) is 3.73. The van der Waals surface area contributed by atoms with Crippen LogP contribution in [0.25, 0.3) is 0 Å². The number of ether oxygens (including phenoxy) is 2. The third-order valence-electron chi connectivity index (χ3n) is 6.21. The van der Waals surface area contributed by atoms with Crippen LogP contribution >= 0.6 is 0 Å². The van der Waals surface area contributed by atoms with Crippen LogP contribution in [0.3, 0.4) is 0 Å². The largest absolute Gasteiger partial charge is 0.466 e. The van der Waals surface area contributed by atoms with Crippen LogP contribution in [0.4, 0.5) is 0 Å². The van der Waals surface area contributed by atoms with Gasteiger partial charge in [0.15, 0.2) is 6.29 Å². The number of likely N-dealkylation sites (N-methyl/N-ethyl adjacent to an activating group) is 1. The van der Waals surface area contributed by atoms with Gasteiger partial charge < -0.3 is 24.4 Å². The summed E-state index contributed by atoms with van der Waals surface area (Å²) in [5, 5.41) is 9.19. The highest BCUT2D eigenvalue weighted by Gasteiger charge is 2.14. The first-order valence-corrected chi connectivity index (χ1v) is 14.9. The summed E-state index contributed by atoms with van der Waals surface area (Å²) < 4.78 is 10.5. The first kappa shape index (κ1) is 35.6. The topological polar surface area (TPSA) is 79.3 Å². The Morgan fingerprint density at radius 2 is 1.32 bits per heavy atom. The smallest absolute Gasteiger partial charge is 0.305 e. The van der Waals surface area contributed by atoms with E-state index in [1.54, 1.807) is 11.8 Å². The van der Waals surface area contributed by atoms with Crippen LogP contribution in [0, 0.1) is 0 Å². The average molecular weight is 527 g/mol. The third-order valence-corrected chi connectivity index (χ3v) is 6.21. The van der Waals surface area contributed by atoms with Gasteiger partial charge in [-0.15, -0.1) is 0 Å². The molecule has 0 aliphatic heterocycles. The van der Waals surface area contributed by atoms with E-state index in [2.05, 4.69) is 19.1 Å². The number of aliphatic hydroxyl groups is 1. The predicted molar refractivity (Wildman–Crippen MR) is 152 cm³/mol. The molecule has 7 heteroatoms. The standard InChI is InChI=1S/C30H58N2O5/c1-5-6-7-8-9-10-11-12-13-14-15-16-17-18-19-22-30(35)37-26-21-24-32(29(34)27-31(3)4)23-20-25-36-28(2)33/h12-13,28,33H,5-11,14-27H2,1-4H3/b13-12-. The molecule has 0 fully saturated rings. The molecule has 218 valence electrons. The van der Waals surface area contributed by atoms with Crippen molar-refractivity contribution < 1.29 is 24.2 Å². The molecular formula is C30H58N2O5. The van der Waals surface area contributed by atoms with E-state index in [0.29, 0.717) is 52.1 Å². The number of rotatable bonds is 26. The predicted octanol–water partition coefficient (Wildman–Crippen LogP) is 6.09. The molecule has 0 aliphatic rings. The molecule has 0 aliphatic carbocycles. The van der Waals surface area contributed by atoms with E-state index in [1.807, 2.05) is 19.0 Å². The Morgan fingerprint density at radius 1 is 0.784 bits per heavy atom. The lowest BCUT2D eigenvalue weighted by atomic mass is 10.1. The van der Waals surface area contributed by atoms with Crippen molar-refractivity contribution in [1.82, 2.24) is 9.80 Å². The van der Waals surface area contributed by atoms with Gasteiger partial charge in [0.25, 0.3) is 0 Å². The van der Waals surface area contributed by atoms with Crippen LogP contribution in [0.2, 0.25) is 0 Å². The monoisotopic (exact) mass is 526 g/mol. The van der Waals surface area contributed by atoms with Gasteiger partial charge in [-0.3, -0.25) is 9.59 Å². The summed E-state index contributed by atoms with van der Waals surface area (Å²) in [5.41, 5.74) is 0. The molecular weight excluding hydrogens is 468 g/mol. The van der Waals surface area contributed by atoms with Crippen molar-refractivity contribution in [2.45, 2.75) is 123 Å². The van der Waals surface area contributed by atoms with E-state index in [0.717, 1.165) is 12.8 Å². The van der Waals surface area contributed by atoms with Crippen molar-refractivity contribution >= 4 is 11.9 Å². The van der Waals surface area contributed by atoms with Crippen molar-refractivity contribution in [1.29, 1.82) is 0 Å². The summed E-state index contributed by atoms with van der Waals surface area (Å²) in [6, 6.07) is 0. The second kappa shape index (κ2) is 26.2. The molecule has 1 N–H and O–H groups in total. The highest BCUT2D eigenvalue weighted by atomic mass is 16.6. The molecule has 1 unspecified atom stereocenters. The maximum atomic E-state index is 12.5. The quantitative estimate of drug-likeness (QED) is 0.0636. The zero-order chi connectivity index (χ0) is 27.6. The van der Waals surface area contributed by atoms with E-state index < -0.39 is 6.29 Å². The van der Waals surface area contributed by atoms with Crippen molar-refractivity contribution in [2.75, 3.05) is 46.9 Å². The zero-order valence-corrected chi connectivity index (χ0v) is 24.6. The van der Waals surface area contributed by atoms with Crippen LogP contribution in [0.1, 0.15) is 117 Å². The molecule has 0 aromatic heterocycles. The molecule has 0 aromatic carbocycles. The second-order valence-electron chi connectivity index (χ2n) is 10.4. The Bertz CT molecular complexity index is 566. The number of carbonyl (C=O) groups is 2. The van der Waals surface area contributed by atoms with E-state index >= 15 is 0 Å². The lowest BCUT2D eigenvalue weighted by Crippen LogP contribution is -2.39. The molecule has 37 heavy (non-hydrogen) atoms. The average Bonchev–Trinajstić information content (AvgIpc) is 2.84. The van der Waals surface area contributed by atoms with Gasteiger partial charge >= 0.3 is 5.97 Å². The number of hydrogen-bond donors (Lipinski definition) is 1. The summed E-state index contributed by atoms with van der Waals surface area (Å²) in [4.78, 5) is 28.1. The minimum Gasteiger partial charge on any atom is -0.466 e. The van der Waals surface area contributed by atoms with Gasteiger partial charge in [-0.25, -0.2) is 0 Å². The lowest BCUT2D eigenvalue weighted by Gasteiger charge is -2.24. The fraction of sp³-hybridized carbons (Fsp3) is 0.867. The van der Waals surface area contributed by atoms with Gasteiger partial charge in [0.05, 0.1) is 19.8 Å². The van der Waals surface area contributed by atoms with Gasteiger partial charge in [-0.2, -0.15) is 0 Å². The van der Waals surface area contributed by atoms with Gasteiger partial charge in [0, 0.05) is 19.5 Å². The van der Waals surface area contributed by atoms with Gasteiger partial charge in [0.1, 0.15) is 0 Å². The van der Waals surface area contributed by atoms with Crippen molar-refractivity contribution in [3.8, 4) is 0 Å². The van der Waals surface area contributed by atoms with Crippen molar-refractivity contribution in [3.05, 3.63) is 12.2 Å². The molecule has 0 spiro atoms. The Balaban J connectivity index is 3.75. The number of allylic oxidation sites excluding steroid dienone is 2. The summed E-state index contributed by atoms with van der Waals surface area (Å²) in [6.07, 6.45) is 21.7. The highest BCUT2D eigenvalue weighted by molar-refractivity contribution is 5.78. The van der Waals surface area contributed by atoms with E-state index in [4.69, 9.17) is 9.47 Å². The van der Waals surface area contributed by atoms with E-state index in [9.17, 15) is 14.7 Å². The number of unbranched alkanes of at least 4 members (excludes halogenated alkanes) is 11. The number of carbonyl (C=O) groups excluding carboxylic acids is 2. The first-order chi connectivity index (χ1) is 17.9. The fourth-order valence-electron chi connectivity index (χ4n) is 4.09. The van der Waals surface area contributed by atoms with Crippen molar-refractivity contribution in [2.24, 2.45) is 0 Å². The third kappa shape index (κ3) is 26.0. The first-order valence-electron chi connectivity index (χ1n) is 14.9. The van der Waals surface area contributed by atoms with Crippen LogP contribution in [-0.4, -0.2) is 80.0 Å². The molecule has 1 amide bonds. The normalized spacial score (nSPS) is 12.4. The Labute approximate surface area is 227 Å². The number of esters is 1. The van der Waals surface area contributed by atoms with E-state index in [1.165, 1.54) is 70.6 Å². The minimum atomic E-state index is -0.799. The molecule has 0 saturated carbocycles. The number of nitrogens with zero attached hydrogens (tertiary/aromatic N) is 2. The van der Waals surface area contributed by atoms with Gasteiger partial charge in [-0.1, -0.05) is 70.4 Å². The Hall–Kier alpha value is -1.44. The summed E-state index contributed by atoms with van der Waals surface area (Å²) in [5.74, 6) is -0.101. The highest BCUT2D eigenvalue weighted by Crippen LogP contribution is 2.10. The molecule has 1 atom stereocenters. The maximum Gasteiger partial charge on any atom is 0.305 e. The van der Waals surface area contributed by atoms with Gasteiger partial charge in [0.2, 0.25) is 5.91 Å². The number of amides is 1. The fourth-order valence-corrected chi connectivity index (χ4v) is 4.09. The summed E-state index contributed by atoms with van der Waals surface area (Å²) in [6.45, 7) is 6.00. The van der Waals surface area contributed by atoms with Gasteiger partial charge in [-0.05, 0) is 66.0 Å². The molecule has 0 radical (unpaired) electrons. The Morgan fingerprint density at radius 3 is 1.89 bits per heavy atom. The number of aliphatic hydroxyl groups excluding tert-OH is 1. The molecule has 0 bridgehead atoms.